The van der Waals surface area contributed by atoms with Crippen LogP contribution in [0.1, 0.15) is 45.4 Å². The van der Waals surface area contributed by atoms with Crippen molar-refractivity contribution in [1.82, 2.24) is 14.5 Å². The minimum absolute atomic E-state index is 0.000694. The lowest BCUT2D eigenvalue weighted by molar-refractivity contribution is -0.140. The van der Waals surface area contributed by atoms with Crippen LogP contribution in [0.2, 0.25) is 0 Å². The second-order valence-electron chi connectivity index (χ2n) is 7.98. The van der Waals surface area contributed by atoms with Crippen LogP contribution in [0.3, 0.4) is 0 Å². The molecule has 3 heterocycles. The van der Waals surface area contributed by atoms with Crippen molar-refractivity contribution in [3.8, 4) is 0 Å². The molecule has 0 aromatic rings. The van der Waals surface area contributed by atoms with Gasteiger partial charge in [0.15, 0.2) is 0 Å². The summed E-state index contributed by atoms with van der Waals surface area (Å²) < 4.78 is 25.7. The summed E-state index contributed by atoms with van der Waals surface area (Å²) >= 11 is 0. The third-order valence-corrected chi connectivity index (χ3v) is 8.43. The van der Waals surface area contributed by atoms with E-state index in [1.54, 1.807) is 0 Å². The van der Waals surface area contributed by atoms with Gasteiger partial charge in [-0.2, -0.15) is 4.31 Å². The van der Waals surface area contributed by atoms with Gasteiger partial charge in [-0.15, -0.1) is 0 Å². The first-order valence-electron chi connectivity index (χ1n) is 8.93. The molecule has 1 N–H and O–H groups in total. The van der Waals surface area contributed by atoms with Gasteiger partial charge in [-0.3, -0.25) is 4.79 Å². The van der Waals surface area contributed by atoms with Crippen LogP contribution in [0.25, 0.3) is 0 Å². The fraction of sp³-hybridized carbons (Fsp3) is 0.938. The van der Waals surface area contributed by atoms with Crippen molar-refractivity contribution in [1.29, 1.82) is 0 Å². The van der Waals surface area contributed by atoms with E-state index in [1.807, 2.05) is 4.90 Å². The number of amides is 1. The predicted octanol–water partition coefficient (Wildman–Crippen LogP) is 0.544. The summed E-state index contributed by atoms with van der Waals surface area (Å²) in [6.45, 7) is 3.58. The molecule has 4 fully saturated rings. The van der Waals surface area contributed by atoms with Crippen LogP contribution in [0.5, 0.6) is 0 Å². The van der Waals surface area contributed by atoms with Gasteiger partial charge in [0, 0.05) is 36.6 Å². The zero-order valence-electron chi connectivity index (χ0n) is 13.8. The molecular weight excluding hydrogens is 314 g/mol. The van der Waals surface area contributed by atoms with Gasteiger partial charge in [0.25, 0.3) is 0 Å². The van der Waals surface area contributed by atoms with Crippen molar-refractivity contribution < 1.29 is 13.2 Å². The highest BCUT2D eigenvalue weighted by atomic mass is 32.2. The molecule has 7 heteroatoms. The van der Waals surface area contributed by atoms with Crippen LogP contribution in [0.15, 0.2) is 0 Å². The summed E-state index contributed by atoms with van der Waals surface area (Å²) in [5.74, 6) is 0.189. The molecule has 4 atom stereocenters. The molecule has 3 saturated heterocycles. The SMILES string of the molecule is C[C@@]12C[C@H]3CN(C(=O)CN4CCCCS4(=O)=O)[C@@H]1CCC[C@@H]2N3. The normalized spacial score (nSPS) is 42.7. The molecule has 1 amide bonds. The maximum atomic E-state index is 12.9. The smallest absolute Gasteiger partial charge is 0.238 e. The Bertz CT molecular complexity index is 608. The van der Waals surface area contributed by atoms with E-state index < -0.39 is 10.0 Å². The van der Waals surface area contributed by atoms with Crippen molar-refractivity contribution >= 4 is 15.9 Å². The summed E-state index contributed by atoms with van der Waals surface area (Å²) in [6.07, 6.45) is 6.13. The number of hydrogen-bond donors (Lipinski definition) is 1. The van der Waals surface area contributed by atoms with Gasteiger partial charge in [0.05, 0.1) is 12.3 Å². The van der Waals surface area contributed by atoms with Gasteiger partial charge >= 0.3 is 0 Å². The summed E-state index contributed by atoms with van der Waals surface area (Å²) in [6, 6.07) is 1.16. The van der Waals surface area contributed by atoms with Crippen molar-refractivity contribution in [3.63, 3.8) is 0 Å². The highest BCUT2D eigenvalue weighted by molar-refractivity contribution is 7.89. The van der Waals surface area contributed by atoms with Gasteiger partial charge in [0.2, 0.25) is 15.9 Å². The van der Waals surface area contributed by atoms with Crippen LogP contribution in [-0.2, 0) is 14.8 Å². The van der Waals surface area contributed by atoms with Crippen LogP contribution in [0, 0.1) is 5.41 Å². The Morgan fingerprint density at radius 2 is 2.09 bits per heavy atom. The Hall–Kier alpha value is -0.660. The predicted molar refractivity (Wildman–Crippen MR) is 87.4 cm³/mol. The molecule has 0 aromatic heterocycles. The molecule has 1 aliphatic carbocycles. The fourth-order valence-electron chi connectivity index (χ4n) is 5.36. The average Bonchev–Trinajstić information content (AvgIpc) is 2.82. The molecule has 130 valence electrons. The van der Waals surface area contributed by atoms with Crippen molar-refractivity contribution in [2.75, 3.05) is 25.4 Å². The van der Waals surface area contributed by atoms with Crippen LogP contribution < -0.4 is 5.32 Å². The highest BCUT2D eigenvalue weighted by Gasteiger charge is 2.56. The Balaban J connectivity index is 1.52. The van der Waals surface area contributed by atoms with E-state index in [1.165, 1.54) is 10.7 Å². The van der Waals surface area contributed by atoms with E-state index in [2.05, 4.69) is 12.2 Å². The molecule has 1 saturated carbocycles. The number of sulfonamides is 1. The second kappa shape index (κ2) is 5.43. The first-order chi connectivity index (χ1) is 10.9. The molecule has 4 rings (SSSR count). The Morgan fingerprint density at radius 1 is 1.26 bits per heavy atom. The highest BCUT2D eigenvalue weighted by Crippen LogP contribution is 2.49. The molecule has 2 bridgehead atoms. The van der Waals surface area contributed by atoms with E-state index in [9.17, 15) is 13.2 Å². The molecule has 3 aliphatic heterocycles. The van der Waals surface area contributed by atoms with Crippen molar-refractivity contribution in [2.24, 2.45) is 5.41 Å². The largest absolute Gasteiger partial charge is 0.336 e. The number of rotatable bonds is 2. The fourth-order valence-corrected chi connectivity index (χ4v) is 6.90. The van der Waals surface area contributed by atoms with Gasteiger partial charge in [0.1, 0.15) is 0 Å². The summed E-state index contributed by atoms with van der Waals surface area (Å²) in [4.78, 5) is 14.9. The van der Waals surface area contributed by atoms with Crippen LogP contribution in [-0.4, -0.2) is 67.0 Å². The Labute approximate surface area is 138 Å². The monoisotopic (exact) mass is 341 g/mol. The standard InChI is InChI=1S/C16H27N3O3S/c1-16-9-12-10-19(14(16)6-4-5-13(16)17-12)15(20)11-18-7-2-3-8-23(18,21)22/h12-14,17H,2-11H2,1H3/t12-,13-,14+,16-/m0/s1. The molecular formula is C16H27N3O3S. The number of likely N-dealkylation sites (tertiary alicyclic amines) is 1. The first kappa shape index (κ1) is 15.8. The van der Waals surface area contributed by atoms with E-state index in [-0.39, 0.29) is 29.7 Å². The van der Waals surface area contributed by atoms with E-state index >= 15 is 0 Å². The number of carbonyl (C=O) groups is 1. The summed E-state index contributed by atoms with van der Waals surface area (Å²) in [7, 11) is -3.23. The molecule has 23 heavy (non-hydrogen) atoms. The number of carbonyl (C=O) groups excluding carboxylic acids is 1. The summed E-state index contributed by atoms with van der Waals surface area (Å²) in [5, 5.41) is 3.70. The Kier molecular flexibility index (Phi) is 3.74. The van der Waals surface area contributed by atoms with Crippen molar-refractivity contribution in [2.45, 2.75) is 63.6 Å². The average molecular weight is 341 g/mol. The zero-order valence-corrected chi connectivity index (χ0v) is 14.6. The minimum Gasteiger partial charge on any atom is -0.336 e. The minimum atomic E-state index is -3.23. The van der Waals surface area contributed by atoms with Gasteiger partial charge in [-0.25, -0.2) is 8.42 Å². The number of nitrogens with one attached hydrogen (secondary N) is 1. The first-order valence-corrected chi connectivity index (χ1v) is 10.5. The summed E-state index contributed by atoms with van der Waals surface area (Å²) in [5.41, 5.74) is 0.164. The lowest BCUT2D eigenvalue weighted by Gasteiger charge is -2.50. The van der Waals surface area contributed by atoms with Gasteiger partial charge in [-0.1, -0.05) is 6.92 Å². The van der Waals surface area contributed by atoms with Crippen LogP contribution in [0.4, 0.5) is 0 Å². The Morgan fingerprint density at radius 3 is 2.87 bits per heavy atom. The molecule has 0 spiro atoms. The van der Waals surface area contributed by atoms with Crippen LogP contribution >= 0.6 is 0 Å². The lowest BCUT2D eigenvalue weighted by Crippen LogP contribution is -2.59. The number of fused-ring (bicyclic) bond motifs is 1. The van der Waals surface area contributed by atoms with E-state index in [0.717, 1.165) is 32.2 Å². The number of piperidine rings is 1. The van der Waals surface area contributed by atoms with Gasteiger partial charge < -0.3 is 10.2 Å². The number of nitrogens with zero attached hydrogens (tertiary/aromatic N) is 2. The maximum absolute atomic E-state index is 12.9. The lowest BCUT2D eigenvalue weighted by atomic mass is 9.66. The third-order valence-electron chi connectivity index (χ3n) is 6.53. The zero-order chi connectivity index (χ0) is 16.2. The maximum Gasteiger partial charge on any atom is 0.238 e. The second-order valence-corrected chi connectivity index (χ2v) is 10.1. The third kappa shape index (κ3) is 2.51. The molecule has 6 nitrogen and oxygen atoms in total. The number of hydrogen-bond acceptors (Lipinski definition) is 4. The quantitative estimate of drug-likeness (QED) is 0.796. The van der Waals surface area contributed by atoms with E-state index in [0.29, 0.717) is 25.0 Å². The van der Waals surface area contributed by atoms with E-state index in [4.69, 9.17) is 0 Å². The topological polar surface area (TPSA) is 69.7 Å². The molecule has 0 radical (unpaired) electrons. The molecule has 4 aliphatic rings. The molecule has 0 unspecified atom stereocenters. The molecule has 0 aromatic carbocycles. The van der Waals surface area contributed by atoms with Crippen molar-refractivity contribution in [3.05, 3.63) is 0 Å². The van der Waals surface area contributed by atoms with Gasteiger partial charge in [-0.05, 0) is 38.5 Å².